The molecule has 0 aliphatic rings. The molecule has 110 valence electrons. The molecule has 0 saturated heterocycles. The number of benzene rings is 1. The highest BCUT2D eigenvalue weighted by atomic mass is 16.6. The van der Waals surface area contributed by atoms with Gasteiger partial charge in [0.1, 0.15) is 0 Å². The molecule has 0 saturated carbocycles. The summed E-state index contributed by atoms with van der Waals surface area (Å²) in [5.74, 6) is -0.429. The maximum Gasteiger partial charge on any atom is 0.338 e. The monoisotopic (exact) mass is 281 g/mol. The number of carbonyl (C=O) groups excluding carboxylic acids is 1. The molecule has 1 aromatic carbocycles. The molecule has 0 aliphatic carbocycles. The Morgan fingerprint density at radius 1 is 1.30 bits per heavy atom. The van der Waals surface area contributed by atoms with Crippen molar-refractivity contribution in [2.75, 3.05) is 13.7 Å². The third kappa shape index (κ3) is 4.53. The highest BCUT2D eigenvalue weighted by Gasteiger charge is 2.18. The molecule has 6 nitrogen and oxygen atoms in total. The number of unbranched alkanes of at least 4 members (excludes halogenated alkanes) is 3. The quantitative estimate of drug-likeness (QED) is 0.316. The molecule has 0 aromatic heterocycles. The molecule has 0 aliphatic heterocycles. The van der Waals surface area contributed by atoms with Crippen LogP contribution in [0.15, 0.2) is 18.2 Å². The fourth-order valence-corrected chi connectivity index (χ4v) is 1.74. The minimum atomic E-state index is -0.609. The summed E-state index contributed by atoms with van der Waals surface area (Å²) < 4.78 is 9.95. The van der Waals surface area contributed by atoms with Crippen LogP contribution in [0.1, 0.15) is 43.0 Å². The Balaban J connectivity index is 2.75. The zero-order chi connectivity index (χ0) is 15.0. The Kier molecular flexibility index (Phi) is 6.49. The number of esters is 1. The van der Waals surface area contributed by atoms with Crippen molar-refractivity contribution >= 4 is 11.7 Å². The smallest absolute Gasteiger partial charge is 0.338 e. The van der Waals surface area contributed by atoms with E-state index >= 15 is 0 Å². The maximum atomic E-state index is 11.3. The minimum absolute atomic E-state index is 0.137. The fourth-order valence-electron chi connectivity index (χ4n) is 1.74. The van der Waals surface area contributed by atoms with E-state index in [2.05, 4.69) is 11.7 Å². The molecule has 0 unspecified atom stereocenters. The van der Waals surface area contributed by atoms with Crippen molar-refractivity contribution in [2.45, 2.75) is 32.6 Å². The molecule has 0 N–H and O–H groups in total. The summed E-state index contributed by atoms with van der Waals surface area (Å²) in [6, 6.07) is 4.07. The number of nitro benzene ring substituents is 1. The zero-order valence-corrected chi connectivity index (χ0v) is 11.8. The van der Waals surface area contributed by atoms with Gasteiger partial charge in [0, 0.05) is 6.07 Å². The van der Waals surface area contributed by atoms with E-state index in [1.807, 2.05) is 0 Å². The number of nitro groups is 1. The van der Waals surface area contributed by atoms with Crippen LogP contribution < -0.4 is 4.74 Å². The summed E-state index contributed by atoms with van der Waals surface area (Å²) in [6.45, 7) is 2.54. The second-order valence-corrected chi connectivity index (χ2v) is 4.34. The maximum absolute atomic E-state index is 11.3. The first-order valence-electron chi connectivity index (χ1n) is 6.59. The molecule has 0 spiro atoms. The summed E-state index contributed by atoms with van der Waals surface area (Å²) in [6.07, 6.45) is 4.12. The van der Waals surface area contributed by atoms with Crippen molar-refractivity contribution < 1.29 is 19.2 Å². The summed E-state index contributed by atoms with van der Waals surface area (Å²) in [7, 11) is 1.23. The van der Waals surface area contributed by atoms with E-state index in [0.29, 0.717) is 6.61 Å². The van der Waals surface area contributed by atoms with Gasteiger partial charge in [-0.15, -0.1) is 0 Å². The highest BCUT2D eigenvalue weighted by Crippen LogP contribution is 2.28. The van der Waals surface area contributed by atoms with Crippen LogP contribution in [0.4, 0.5) is 5.69 Å². The van der Waals surface area contributed by atoms with Gasteiger partial charge >= 0.3 is 11.7 Å². The van der Waals surface area contributed by atoms with E-state index in [-0.39, 0.29) is 17.0 Å². The highest BCUT2D eigenvalue weighted by molar-refractivity contribution is 5.90. The first-order chi connectivity index (χ1) is 9.60. The van der Waals surface area contributed by atoms with Gasteiger partial charge in [0.2, 0.25) is 0 Å². The minimum Gasteiger partial charge on any atom is -0.487 e. The van der Waals surface area contributed by atoms with Crippen LogP contribution in [0.25, 0.3) is 0 Å². The molecule has 6 heteroatoms. The van der Waals surface area contributed by atoms with Crippen LogP contribution in [0.2, 0.25) is 0 Å². The Morgan fingerprint density at radius 3 is 2.65 bits per heavy atom. The van der Waals surface area contributed by atoms with Gasteiger partial charge in [-0.25, -0.2) is 4.79 Å². The average molecular weight is 281 g/mol. The van der Waals surface area contributed by atoms with Crippen LogP contribution in [-0.2, 0) is 4.74 Å². The summed E-state index contributed by atoms with van der Waals surface area (Å²) in [5.41, 5.74) is -0.0825. The topological polar surface area (TPSA) is 78.7 Å². The van der Waals surface area contributed by atoms with Gasteiger partial charge in [0.15, 0.2) is 5.75 Å². The predicted octanol–water partition coefficient (Wildman–Crippen LogP) is 3.34. The van der Waals surface area contributed by atoms with Crippen LogP contribution in [0.5, 0.6) is 5.75 Å². The third-order valence-electron chi connectivity index (χ3n) is 2.83. The van der Waals surface area contributed by atoms with Gasteiger partial charge in [-0.05, 0) is 18.6 Å². The Labute approximate surface area is 117 Å². The largest absolute Gasteiger partial charge is 0.487 e. The average Bonchev–Trinajstić information content (AvgIpc) is 2.46. The Morgan fingerprint density at radius 2 is 2.05 bits per heavy atom. The van der Waals surface area contributed by atoms with Gasteiger partial charge in [-0.1, -0.05) is 26.2 Å². The van der Waals surface area contributed by atoms with Gasteiger partial charge < -0.3 is 9.47 Å². The van der Waals surface area contributed by atoms with Crippen LogP contribution >= 0.6 is 0 Å². The molecular formula is C14H19NO5. The first-order valence-corrected chi connectivity index (χ1v) is 6.59. The van der Waals surface area contributed by atoms with Gasteiger partial charge in [-0.3, -0.25) is 10.1 Å². The Bertz CT molecular complexity index is 473. The lowest BCUT2D eigenvalue weighted by Crippen LogP contribution is -2.05. The molecule has 1 aromatic rings. The number of hydrogen-bond donors (Lipinski definition) is 0. The van der Waals surface area contributed by atoms with E-state index in [0.717, 1.165) is 25.7 Å². The molecule has 0 bridgehead atoms. The lowest BCUT2D eigenvalue weighted by molar-refractivity contribution is -0.385. The SMILES string of the molecule is CCCCCCOc1ccc(C(=O)OC)cc1[N+](=O)[O-]. The van der Waals surface area contributed by atoms with Crippen molar-refractivity contribution in [3.8, 4) is 5.75 Å². The van der Waals surface area contributed by atoms with E-state index < -0.39 is 10.9 Å². The van der Waals surface area contributed by atoms with Gasteiger partial charge in [-0.2, -0.15) is 0 Å². The second-order valence-electron chi connectivity index (χ2n) is 4.34. The van der Waals surface area contributed by atoms with Crippen molar-refractivity contribution in [3.05, 3.63) is 33.9 Å². The van der Waals surface area contributed by atoms with Crippen LogP contribution in [0, 0.1) is 10.1 Å². The molecule has 0 amide bonds. The molecule has 0 atom stereocenters. The summed E-state index contributed by atoms with van der Waals surface area (Å²) in [5, 5.41) is 11.0. The van der Waals surface area contributed by atoms with Crippen LogP contribution in [0.3, 0.4) is 0 Å². The molecular weight excluding hydrogens is 262 g/mol. The lowest BCUT2D eigenvalue weighted by Gasteiger charge is -2.07. The van der Waals surface area contributed by atoms with Crippen LogP contribution in [-0.4, -0.2) is 24.6 Å². The molecule has 0 fully saturated rings. The molecule has 0 radical (unpaired) electrons. The standard InChI is InChI=1S/C14H19NO5/c1-3-4-5-6-9-20-13-8-7-11(14(16)19-2)10-12(13)15(17)18/h7-8,10H,3-6,9H2,1-2H3. The normalized spacial score (nSPS) is 10.1. The summed E-state index contributed by atoms with van der Waals surface area (Å²) in [4.78, 5) is 21.8. The number of rotatable bonds is 8. The summed E-state index contributed by atoms with van der Waals surface area (Å²) >= 11 is 0. The number of nitrogens with zero attached hydrogens (tertiary/aromatic N) is 1. The number of ether oxygens (including phenoxy) is 2. The predicted molar refractivity (Wildman–Crippen MR) is 74.1 cm³/mol. The molecule has 1 rings (SSSR count). The third-order valence-corrected chi connectivity index (χ3v) is 2.83. The molecule has 0 heterocycles. The number of methoxy groups -OCH3 is 1. The van der Waals surface area contributed by atoms with Crippen molar-refractivity contribution in [2.24, 2.45) is 0 Å². The fraction of sp³-hybridized carbons (Fsp3) is 0.500. The van der Waals surface area contributed by atoms with E-state index in [9.17, 15) is 14.9 Å². The lowest BCUT2D eigenvalue weighted by atomic mass is 10.2. The van der Waals surface area contributed by atoms with Gasteiger partial charge in [0.25, 0.3) is 0 Å². The van der Waals surface area contributed by atoms with E-state index in [1.54, 1.807) is 0 Å². The van der Waals surface area contributed by atoms with E-state index in [1.165, 1.54) is 25.3 Å². The van der Waals surface area contributed by atoms with Crippen molar-refractivity contribution in [3.63, 3.8) is 0 Å². The number of hydrogen-bond acceptors (Lipinski definition) is 5. The van der Waals surface area contributed by atoms with E-state index in [4.69, 9.17) is 4.74 Å². The van der Waals surface area contributed by atoms with Crippen molar-refractivity contribution in [1.29, 1.82) is 0 Å². The van der Waals surface area contributed by atoms with Gasteiger partial charge in [0.05, 0.1) is 24.2 Å². The molecule has 20 heavy (non-hydrogen) atoms. The zero-order valence-electron chi connectivity index (χ0n) is 11.8. The Hall–Kier alpha value is -2.11. The second kappa shape index (κ2) is 8.14. The number of carbonyl (C=O) groups is 1. The first kappa shape index (κ1) is 15.9. The van der Waals surface area contributed by atoms with Crippen molar-refractivity contribution in [1.82, 2.24) is 0 Å².